The number of hydrogen-bond acceptors (Lipinski definition) is 10. The van der Waals surface area contributed by atoms with Crippen molar-refractivity contribution in [2.24, 2.45) is 0 Å². The largest absolute Gasteiger partial charge is 0.497 e. The van der Waals surface area contributed by atoms with Gasteiger partial charge in [0.25, 0.3) is 0 Å². The average Bonchev–Trinajstić information content (AvgIpc) is 0.764. The number of rotatable bonds is 20. The molecule has 0 aromatic heterocycles. The van der Waals surface area contributed by atoms with Crippen LogP contribution >= 0.6 is 0 Å². The third kappa shape index (κ3) is 21.9. The Morgan fingerprint density at radius 1 is 0.322 bits per heavy atom. The van der Waals surface area contributed by atoms with Gasteiger partial charge in [0.15, 0.2) is 0 Å². The Morgan fingerprint density at radius 3 is 0.856 bits per heavy atom. The van der Waals surface area contributed by atoms with E-state index in [1.807, 2.05) is 71.3 Å². The number of ether oxygens (including phenoxy) is 5. The molecule has 10 rings (SSSR count). The topological polar surface area (TPSA) is 192 Å². The molecule has 0 bridgehead atoms. The predicted octanol–water partition coefficient (Wildman–Crippen LogP) is 12.6. The highest BCUT2D eigenvalue weighted by atomic mass is 16.5. The zero-order valence-corrected chi connectivity index (χ0v) is 50.7. The molecule has 5 amide bonds. The Balaban J connectivity index is 0.000000217. The molecular weight excluding hydrogens is 1130 g/mol. The second kappa shape index (κ2) is 36.2. The highest BCUT2D eigenvalue weighted by Crippen LogP contribution is 2.29. The first-order chi connectivity index (χ1) is 51.4. The minimum Gasteiger partial charge on any atom is -0.497 e. The Labute approximate surface area is 558 Å². The summed E-state index contributed by atoms with van der Waals surface area (Å²) in [6.07, 6.45) is -7.75. The molecule has 15 nitrogen and oxygen atoms in total. The van der Waals surface area contributed by atoms with E-state index in [-0.39, 0.29) is 53.4 Å². The van der Waals surface area contributed by atoms with Gasteiger partial charge in [-0.3, -0.25) is 24.0 Å². The number of hydrogen-bond donors (Lipinski definition) is 5. The Bertz CT molecular complexity index is 4960. The van der Waals surface area contributed by atoms with Crippen molar-refractivity contribution in [1.82, 2.24) is 26.6 Å². The first kappa shape index (κ1) is 44.3. The van der Waals surface area contributed by atoms with E-state index in [0.29, 0.717) is 62.9 Å². The molecule has 0 aliphatic rings. The highest BCUT2D eigenvalue weighted by Gasteiger charge is 2.09. The van der Waals surface area contributed by atoms with Crippen molar-refractivity contribution in [3.63, 3.8) is 0 Å². The monoisotopic (exact) mass is 1240 g/mol. The van der Waals surface area contributed by atoms with E-state index in [0.717, 1.165) is 51.7 Å². The molecule has 0 spiro atoms. The highest BCUT2D eigenvalue weighted by molar-refractivity contribution is 5.91. The van der Waals surface area contributed by atoms with Crippen LogP contribution < -0.4 is 50.3 Å². The molecule has 0 radical (unpaired) electrons. The van der Waals surface area contributed by atoms with Gasteiger partial charge in [-0.25, -0.2) is 0 Å². The van der Waals surface area contributed by atoms with Crippen LogP contribution in [0.15, 0.2) is 182 Å². The van der Waals surface area contributed by atoms with Crippen molar-refractivity contribution >= 4 is 83.4 Å². The van der Waals surface area contributed by atoms with Crippen molar-refractivity contribution < 1.29 is 76.4 Å². The number of amides is 5. The lowest BCUT2D eigenvalue weighted by atomic mass is 10.0. The van der Waals surface area contributed by atoms with Crippen molar-refractivity contribution in [3.05, 3.63) is 210 Å². The number of methoxy groups -OCH3 is 5. The molecule has 0 saturated carbocycles. The predicted molar refractivity (Wildman–Crippen MR) is 364 cm³/mol. The fourth-order valence-electron chi connectivity index (χ4n) is 8.79. The van der Waals surface area contributed by atoms with Crippen LogP contribution in [-0.4, -0.2) is 97.5 Å². The molecule has 15 heteroatoms. The number of nitrogens with one attached hydrogen (secondary N) is 5. The zero-order valence-electron chi connectivity index (χ0n) is 71.7. The summed E-state index contributed by atoms with van der Waals surface area (Å²) in [5, 5.41) is 18.9. The standard InChI is InChI=1S/5C15H17NO2/c5*1-11(17)16-9-8-13-5-3-4-12-6-7-14(18-2)10-15(12)13/h5*3-7,10H,8-9H2,1-2H3,(H,16,17)/i2D3,8D2,9D2;8D2,9D2;2D3,8D2;8D2;2D3. The molecule has 0 aliphatic carbocycles. The summed E-state index contributed by atoms with van der Waals surface area (Å²) < 4.78 is 187. The van der Waals surface area contributed by atoms with Crippen molar-refractivity contribution in [3.8, 4) is 28.7 Å². The molecule has 0 atom stereocenters. The van der Waals surface area contributed by atoms with E-state index in [1.165, 1.54) is 64.3 Å². The summed E-state index contributed by atoms with van der Waals surface area (Å²) in [6.45, 7) is 1.52. The number of carbonyl (C=O) groups is 5. The summed E-state index contributed by atoms with van der Waals surface area (Å²) in [5.41, 5.74) is 2.07. The minimum atomic E-state index is -2.67. The fraction of sp³-hybridized carbons (Fsp3) is 0.267. The van der Waals surface area contributed by atoms with Crippen LogP contribution in [0.5, 0.6) is 28.7 Å². The average molecular weight is 1240 g/mol. The minimum absolute atomic E-state index is 0.0100. The van der Waals surface area contributed by atoms with Gasteiger partial charge in [0.05, 0.1) is 47.7 Å². The van der Waals surface area contributed by atoms with Gasteiger partial charge in [-0.05, 0) is 174 Å². The number of aryl methyl sites for hydroxylation is 2. The summed E-state index contributed by atoms with van der Waals surface area (Å²) >= 11 is 0. The van der Waals surface area contributed by atoms with Gasteiger partial charge in [-0.2, -0.15) is 0 Å². The third-order valence-corrected chi connectivity index (χ3v) is 13.1. The van der Waals surface area contributed by atoms with E-state index in [1.54, 1.807) is 92.0 Å². The van der Waals surface area contributed by atoms with Crippen LogP contribution in [0.4, 0.5) is 0 Å². The van der Waals surface area contributed by atoms with Crippen molar-refractivity contribution in [1.29, 1.82) is 0 Å². The van der Waals surface area contributed by atoms with Gasteiger partial charge in [0.2, 0.25) is 29.5 Å². The molecule has 0 saturated heterocycles. The molecule has 0 unspecified atom stereocenters. The molecule has 5 N–H and O–H groups in total. The quantitative estimate of drug-likeness (QED) is 0.0491. The maximum atomic E-state index is 11.2. The first-order valence-corrected chi connectivity index (χ1v) is 28.0. The van der Waals surface area contributed by atoms with Crippen LogP contribution in [0.1, 0.15) is 91.2 Å². The molecule has 470 valence electrons. The zero-order chi connectivity index (χ0) is 83.0. The van der Waals surface area contributed by atoms with Crippen molar-refractivity contribution in [2.75, 3.05) is 68.0 Å². The van der Waals surface area contributed by atoms with Crippen LogP contribution in [-0.2, 0) is 55.9 Å². The second-order valence-electron chi connectivity index (χ2n) is 19.5. The lowest BCUT2D eigenvalue weighted by Crippen LogP contribution is -2.22. The molecular formula is C75H85N5O10. The second-order valence-corrected chi connectivity index (χ2v) is 19.5. The van der Waals surface area contributed by atoms with Crippen LogP contribution in [0.25, 0.3) is 53.9 Å². The van der Waals surface area contributed by atoms with E-state index < -0.39 is 71.4 Å². The van der Waals surface area contributed by atoms with Gasteiger partial charge in [0.1, 0.15) is 28.7 Å². The van der Waals surface area contributed by atoms with Crippen molar-refractivity contribution in [2.45, 2.75) is 66.5 Å². The SMILES string of the molecule is [2H]C([2H])(CNC(C)=O)c1cccc2ccc(OC)cc12.[2H]C([2H])(NC(C)=O)C([2H])([2H])c1cccc2ccc(OC)cc12.[2H]C([2H])([2H])Oc1ccc2cccc(C([2H])([2H])C([2H])([2H])NC(C)=O)c2c1.[2H]C([2H])([2H])Oc1ccc2cccc(C([2H])([2H])CNC(C)=O)c2c1.[2H]C([2H])([2H])Oc1ccc2cccc(CCNC(C)=O)c2c1. The molecule has 10 aromatic rings. The summed E-state index contributed by atoms with van der Waals surface area (Å²) in [7, 11) is -4.60. The van der Waals surface area contributed by atoms with E-state index in [9.17, 15) is 24.0 Å². The molecule has 0 aliphatic heterocycles. The summed E-state index contributed by atoms with van der Waals surface area (Å²) in [6, 6.07) is 51.1. The third-order valence-electron chi connectivity index (χ3n) is 13.1. The van der Waals surface area contributed by atoms with Gasteiger partial charge >= 0.3 is 0 Å². The lowest BCUT2D eigenvalue weighted by molar-refractivity contribution is -0.119. The maximum absolute atomic E-state index is 11.2. The molecule has 0 heterocycles. The smallest absolute Gasteiger partial charge is 0.216 e. The van der Waals surface area contributed by atoms with Crippen LogP contribution in [0.3, 0.4) is 0 Å². The Morgan fingerprint density at radius 2 is 0.578 bits per heavy atom. The molecule has 0 fully saturated rings. The summed E-state index contributed by atoms with van der Waals surface area (Å²) in [5.74, 6) is -0.275. The van der Waals surface area contributed by atoms with Crippen LogP contribution in [0.2, 0.25) is 0 Å². The fourth-order valence-corrected chi connectivity index (χ4v) is 8.79. The summed E-state index contributed by atoms with van der Waals surface area (Å²) in [4.78, 5) is 55.3. The van der Waals surface area contributed by atoms with Gasteiger partial charge in [0, 0.05) is 83.7 Å². The van der Waals surface area contributed by atoms with Gasteiger partial charge < -0.3 is 50.3 Å². The van der Waals surface area contributed by atoms with E-state index in [2.05, 4.69) is 16.0 Å². The van der Waals surface area contributed by atoms with Gasteiger partial charge in [-0.15, -0.1) is 0 Å². The van der Waals surface area contributed by atoms with Crippen LogP contribution in [0, 0.1) is 0 Å². The maximum Gasteiger partial charge on any atom is 0.216 e. The first-order valence-electron chi connectivity index (χ1n) is 38.5. The molecule has 90 heavy (non-hydrogen) atoms. The van der Waals surface area contributed by atoms with E-state index in [4.69, 9.17) is 52.5 Å². The Kier molecular flexibility index (Phi) is 17.8. The normalized spacial score (nSPS) is 15.2. The van der Waals surface area contributed by atoms with Gasteiger partial charge in [-0.1, -0.05) is 121 Å². The molecule has 10 aromatic carbocycles. The van der Waals surface area contributed by atoms with E-state index >= 15 is 0 Å². The number of carbonyl (C=O) groups excluding carboxylic acids is 5. The lowest BCUT2D eigenvalue weighted by Gasteiger charge is -2.08. The number of benzene rings is 10. The Hall–Kier alpha value is -10.2. The number of fused-ring (bicyclic) bond motifs is 5.